The largest absolute Gasteiger partial charge is 0.384 e. The summed E-state index contributed by atoms with van der Waals surface area (Å²) in [5.41, 5.74) is 5.51. The molecular weight excluding hydrogens is 202 g/mol. The topological polar surface area (TPSA) is 69.6 Å². The average molecular weight is 210 g/mol. The zero-order valence-corrected chi connectivity index (χ0v) is 8.02. The van der Waals surface area contributed by atoms with E-state index < -0.39 is 0 Å². The molecule has 0 unspecified atom stereocenters. The van der Waals surface area contributed by atoms with Crippen LogP contribution in [0, 0.1) is 0 Å². The molecule has 0 aliphatic heterocycles. The van der Waals surface area contributed by atoms with Crippen molar-refractivity contribution in [2.75, 3.05) is 5.73 Å². The average Bonchev–Trinajstić information content (AvgIpc) is 2.51. The Hall–Kier alpha value is -1.62. The van der Waals surface area contributed by atoms with Crippen molar-refractivity contribution in [1.29, 1.82) is 0 Å². The van der Waals surface area contributed by atoms with Crippen LogP contribution < -0.4 is 5.73 Å². The molecule has 5 nitrogen and oxygen atoms in total. The number of hydrogen-bond acceptors (Lipinski definition) is 4. The molecule has 2 N–H and O–H groups in total. The number of rotatable bonds is 2. The smallest absolute Gasteiger partial charge is 0.152 e. The van der Waals surface area contributed by atoms with Crippen LogP contribution in [0.25, 0.3) is 0 Å². The first kappa shape index (κ1) is 8.96. The van der Waals surface area contributed by atoms with Crippen molar-refractivity contribution in [3.05, 3.63) is 35.5 Å². The van der Waals surface area contributed by atoms with Gasteiger partial charge in [0, 0.05) is 12.4 Å². The summed E-state index contributed by atoms with van der Waals surface area (Å²) in [4.78, 5) is 8.09. The van der Waals surface area contributed by atoms with Crippen molar-refractivity contribution in [3.8, 4) is 0 Å². The highest BCUT2D eigenvalue weighted by molar-refractivity contribution is 6.30. The van der Waals surface area contributed by atoms with Crippen LogP contribution in [0.2, 0.25) is 5.02 Å². The number of anilines is 1. The molecule has 14 heavy (non-hydrogen) atoms. The summed E-state index contributed by atoms with van der Waals surface area (Å²) in [5, 5.41) is 4.60. The maximum absolute atomic E-state index is 5.71. The van der Waals surface area contributed by atoms with Crippen molar-refractivity contribution in [2.45, 2.75) is 6.54 Å². The Kier molecular flexibility index (Phi) is 2.32. The second-order valence-corrected chi connectivity index (χ2v) is 3.19. The first-order chi connectivity index (χ1) is 6.74. The zero-order chi connectivity index (χ0) is 9.97. The summed E-state index contributed by atoms with van der Waals surface area (Å²) in [7, 11) is 0. The number of nitrogens with two attached hydrogens (primary N) is 1. The molecule has 0 saturated heterocycles. The quantitative estimate of drug-likeness (QED) is 0.800. The van der Waals surface area contributed by atoms with Crippen LogP contribution in [0.5, 0.6) is 0 Å². The molecule has 2 aromatic rings. The SMILES string of the molecule is Nc1ccnc(Cn2cc(Cl)cn2)n1. The summed E-state index contributed by atoms with van der Waals surface area (Å²) in [6, 6.07) is 1.64. The van der Waals surface area contributed by atoms with E-state index in [4.69, 9.17) is 17.3 Å². The minimum atomic E-state index is 0.452. The van der Waals surface area contributed by atoms with Crippen LogP contribution >= 0.6 is 11.6 Å². The second kappa shape index (κ2) is 3.63. The molecule has 0 aromatic carbocycles. The first-order valence-corrected chi connectivity index (χ1v) is 4.37. The lowest BCUT2D eigenvalue weighted by Crippen LogP contribution is -2.05. The van der Waals surface area contributed by atoms with Gasteiger partial charge in [0.2, 0.25) is 0 Å². The van der Waals surface area contributed by atoms with Crippen LogP contribution in [0.4, 0.5) is 5.82 Å². The third kappa shape index (κ3) is 2.00. The summed E-state index contributed by atoms with van der Waals surface area (Å²) < 4.78 is 1.65. The van der Waals surface area contributed by atoms with Gasteiger partial charge in [-0.2, -0.15) is 5.10 Å². The molecule has 6 heteroatoms. The lowest BCUT2D eigenvalue weighted by Gasteiger charge is -2.00. The normalized spacial score (nSPS) is 10.4. The molecular formula is C8H8ClN5. The van der Waals surface area contributed by atoms with E-state index in [1.165, 1.54) is 0 Å². The molecule has 2 aromatic heterocycles. The molecule has 0 aliphatic rings. The number of nitrogen functional groups attached to an aromatic ring is 1. The van der Waals surface area contributed by atoms with Crippen LogP contribution in [-0.4, -0.2) is 19.7 Å². The predicted molar refractivity (Wildman–Crippen MR) is 52.8 cm³/mol. The highest BCUT2D eigenvalue weighted by atomic mass is 35.5. The molecule has 2 heterocycles. The minimum Gasteiger partial charge on any atom is -0.384 e. The van der Waals surface area contributed by atoms with Gasteiger partial charge in [-0.05, 0) is 6.07 Å². The van der Waals surface area contributed by atoms with Crippen LogP contribution in [0.15, 0.2) is 24.7 Å². The standard InChI is InChI=1S/C8H8ClN5/c9-6-3-12-14(4-6)5-8-11-2-1-7(10)13-8/h1-4H,5H2,(H2,10,11,13). The van der Waals surface area contributed by atoms with Gasteiger partial charge in [0.25, 0.3) is 0 Å². The first-order valence-electron chi connectivity index (χ1n) is 3.99. The van der Waals surface area contributed by atoms with Crippen LogP contribution in [0.3, 0.4) is 0 Å². The molecule has 0 atom stereocenters. The van der Waals surface area contributed by atoms with Crippen LogP contribution in [-0.2, 0) is 6.54 Å². The molecule has 0 saturated carbocycles. The number of hydrogen-bond donors (Lipinski definition) is 1. The third-order valence-electron chi connectivity index (χ3n) is 1.63. The number of nitrogens with zero attached hydrogens (tertiary/aromatic N) is 4. The molecule has 0 aliphatic carbocycles. The van der Waals surface area contributed by atoms with Gasteiger partial charge in [-0.3, -0.25) is 4.68 Å². The highest BCUT2D eigenvalue weighted by Gasteiger charge is 2.00. The fourth-order valence-electron chi connectivity index (χ4n) is 1.06. The minimum absolute atomic E-state index is 0.452. The van der Waals surface area contributed by atoms with E-state index in [0.29, 0.717) is 23.2 Å². The summed E-state index contributed by atoms with van der Waals surface area (Å²) in [6.07, 6.45) is 4.88. The lowest BCUT2D eigenvalue weighted by atomic mass is 10.5. The van der Waals surface area contributed by atoms with E-state index in [0.717, 1.165) is 0 Å². The van der Waals surface area contributed by atoms with Gasteiger partial charge in [0.05, 0.1) is 11.2 Å². The Labute approximate surface area is 85.5 Å². The molecule has 0 bridgehead atoms. The molecule has 0 spiro atoms. The third-order valence-corrected chi connectivity index (χ3v) is 1.83. The Morgan fingerprint density at radius 3 is 3.00 bits per heavy atom. The Balaban J connectivity index is 2.18. The van der Waals surface area contributed by atoms with Crippen molar-refractivity contribution in [2.24, 2.45) is 0 Å². The van der Waals surface area contributed by atoms with Crippen LogP contribution in [0.1, 0.15) is 5.82 Å². The van der Waals surface area contributed by atoms with Gasteiger partial charge in [-0.15, -0.1) is 0 Å². The van der Waals surface area contributed by atoms with Crippen molar-refractivity contribution < 1.29 is 0 Å². The van der Waals surface area contributed by atoms with Crippen molar-refractivity contribution in [3.63, 3.8) is 0 Å². The summed E-state index contributed by atoms with van der Waals surface area (Å²) in [6.45, 7) is 0.470. The highest BCUT2D eigenvalue weighted by Crippen LogP contribution is 2.06. The summed E-state index contributed by atoms with van der Waals surface area (Å²) >= 11 is 5.71. The molecule has 72 valence electrons. The van der Waals surface area contributed by atoms with Gasteiger partial charge in [0.1, 0.15) is 12.4 Å². The predicted octanol–water partition coefficient (Wildman–Crippen LogP) is 0.957. The maximum atomic E-state index is 5.71. The molecule has 0 fully saturated rings. The Morgan fingerprint density at radius 2 is 2.36 bits per heavy atom. The van der Waals surface area contributed by atoms with Gasteiger partial charge in [-0.25, -0.2) is 9.97 Å². The maximum Gasteiger partial charge on any atom is 0.152 e. The Bertz CT molecular complexity index is 439. The summed E-state index contributed by atoms with van der Waals surface area (Å²) in [5.74, 6) is 1.07. The molecule has 0 radical (unpaired) electrons. The van der Waals surface area contributed by atoms with Crippen molar-refractivity contribution in [1.82, 2.24) is 19.7 Å². The van der Waals surface area contributed by atoms with Crippen molar-refractivity contribution >= 4 is 17.4 Å². The van der Waals surface area contributed by atoms with E-state index in [1.807, 2.05) is 0 Å². The van der Waals surface area contributed by atoms with Gasteiger partial charge in [-0.1, -0.05) is 11.6 Å². The lowest BCUT2D eigenvalue weighted by molar-refractivity contribution is 0.656. The zero-order valence-electron chi connectivity index (χ0n) is 7.26. The van der Waals surface area contributed by atoms with Gasteiger partial charge in [0.15, 0.2) is 5.82 Å². The van der Waals surface area contributed by atoms with E-state index in [-0.39, 0.29) is 0 Å². The number of aromatic nitrogens is 4. The Morgan fingerprint density at radius 1 is 1.50 bits per heavy atom. The fourth-order valence-corrected chi connectivity index (χ4v) is 1.22. The van der Waals surface area contributed by atoms with Gasteiger partial charge >= 0.3 is 0 Å². The van der Waals surface area contributed by atoms with E-state index >= 15 is 0 Å². The monoisotopic (exact) mass is 209 g/mol. The number of halogens is 1. The van der Waals surface area contributed by atoms with E-state index in [9.17, 15) is 0 Å². The fraction of sp³-hybridized carbons (Fsp3) is 0.125. The second-order valence-electron chi connectivity index (χ2n) is 2.75. The molecule has 2 rings (SSSR count). The van der Waals surface area contributed by atoms with E-state index in [1.54, 1.807) is 29.3 Å². The van der Waals surface area contributed by atoms with E-state index in [2.05, 4.69) is 15.1 Å². The van der Waals surface area contributed by atoms with Gasteiger partial charge < -0.3 is 5.73 Å². The molecule has 0 amide bonds.